The van der Waals surface area contributed by atoms with Gasteiger partial charge in [0.2, 0.25) is 0 Å². The maximum absolute atomic E-state index is 4.23. The Kier molecular flexibility index (Phi) is 4.18. The van der Waals surface area contributed by atoms with E-state index in [0.717, 1.165) is 42.6 Å². The van der Waals surface area contributed by atoms with Crippen LogP contribution in [-0.2, 0) is 0 Å². The zero-order valence-corrected chi connectivity index (χ0v) is 11.4. The second-order valence-corrected chi connectivity index (χ2v) is 5.12. The number of anilines is 1. The van der Waals surface area contributed by atoms with Gasteiger partial charge in [-0.15, -0.1) is 10.2 Å². The monoisotopic (exact) mass is 269 g/mol. The van der Waals surface area contributed by atoms with Gasteiger partial charge >= 0.3 is 0 Å². The van der Waals surface area contributed by atoms with Crippen molar-refractivity contribution in [3.63, 3.8) is 0 Å². The molecule has 0 aliphatic carbocycles. The van der Waals surface area contributed by atoms with Crippen molar-refractivity contribution in [1.29, 1.82) is 0 Å². The van der Waals surface area contributed by atoms with Crippen LogP contribution in [0.5, 0.6) is 0 Å². The quantitative estimate of drug-likeness (QED) is 0.868. The maximum atomic E-state index is 4.23. The van der Waals surface area contributed by atoms with Crippen molar-refractivity contribution in [2.45, 2.75) is 12.8 Å². The van der Waals surface area contributed by atoms with E-state index in [1.54, 1.807) is 12.4 Å². The highest BCUT2D eigenvalue weighted by Crippen LogP contribution is 2.16. The lowest BCUT2D eigenvalue weighted by Gasteiger charge is -2.09. The molecule has 2 aromatic heterocycles. The second-order valence-electron chi connectivity index (χ2n) is 5.12. The van der Waals surface area contributed by atoms with Crippen LogP contribution in [-0.4, -0.2) is 34.8 Å². The molecule has 0 radical (unpaired) electrons. The molecule has 20 heavy (non-hydrogen) atoms. The molecule has 104 valence electrons. The standard InChI is InChI=1S/C15H19N5/c1-2-13(11-16-7-1)14-3-4-15(20-19-14)18-9-6-12-5-8-17-10-12/h1-4,7,11-12,17H,5-6,8-10H2,(H,18,20). The molecular formula is C15H19N5. The van der Waals surface area contributed by atoms with E-state index >= 15 is 0 Å². The van der Waals surface area contributed by atoms with Gasteiger partial charge in [0, 0.05) is 24.5 Å². The summed E-state index contributed by atoms with van der Waals surface area (Å²) < 4.78 is 0. The second kappa shape index (κ2) is 6.43. The number of nitrogens with one attached hydrogen (secondary N) is 2. The van der Waals surface area contributed by atoms with Crippen LogP contribution in [0.2, 0.25) is 0 Å². The van der Waals surface area contributed by atoms with Crippen LogP contribution in [0.1, 0.15) is 12.8 Å². The molecule has 1 fully saturated rings. The third-order valence-electron chi connectivity index (χ3n) is 3.64. The van der Waals surface area contributed by atoms with E-state index in [2.05, 4.69) is 25.8 Å². The average molecular weight is 269 g/mol. The molecule has 1 unspecified atom stereocenters. The van der Waals surface area contributed by atoms with Gasteiger partial charge in [-0.25, -0.2) is 0 Å². The number of rotatable bonds is 5. The summed E-state index contributed by atoms with van der Waals surface area (Å²) in [5, 5.41) is 15.2. The van der Waals surface area contributed by atoms with Crippen LogP contribution in [0, 0.1) is 5.92 Å². The van der Waals surface area contributed by atoms with Gasteiger partial charge in [0.25, 0.3) is 0 Å². The first-order valence-electron chi connectivity index (χ1n) is 7.10. The largest absolute Gasteiger partial charge is 0.369 e. The third-order valence-corrected chi connectivity index (χ3v) is 3.64. The molecule has 5 nitrogen and oxygen atoms in total. The first-order chi connectivity index (χ1) is 9.92. The number of hydrogen-bond donors (Lipinski definition) is 2. The minimum atomic E-state index is 0.796. The Morgan fingerprint density at radius 3 is 2.95 bits per heavy atom. The first-order valence-corrected chi connectivity index (χ1v) is 7.10. The summed E-state index contributed by atoms with van der Waals surface area (Å²) >= 11 is 0. The van der Waals surface area contributed by atoms with Crippen LogP contribution >= 0.6 is 0 Å². The highest BCUT2D eigenvalue weighted by atomic mass is 15.2. The Balaban J connectivity index is 1.53. The molecule has 1 atom stereocenters. The van der Waals surface area contributed by atoms with Gasteiger partial charge in [-0.1, -0.05) is 0 Å². The molecule has 1 saturated heterocycles. The van der Waals surface area contributed by atoms with Gasteiger partial charge in [-0.05, 0) is 56.1 Å². The Morgan fingerprint density at radius 1 is 1.25 bits per heavy atom. The summed E-state index contributed by atoms with van der Waals surface area (Å²) in [5.41, 5.74) is 1.84. The fourth-order valence-corrected chi connectivity index (χ4v) is 2.46. The predicted molar refractivity (Wildman–Crippen MR) is 79.3 cm³/mol. The lowest BCUT2D eigenvalue weighted by molar-refractivity contribution is 0.548. The van der Waals surface area contributed by atoms with Crippen molar-refractivity contribution in [2.75, 3.05) is 25.0 Å². The Hall–Kier alpha value is -2.01. The van der Waals surface area contributed by atoms with Gasteiger partial charge < -0.3 is 10.6 Å². The first kappa shape index (κ1) is 13.0. The zero-order chi connectivity index (χ0) is 13.6. The number of hydrogen-bond acceptors (Lipinski definition) is 5. The van der Waals surface area contributed by atoms with E-state index in [1.807, 2.05) is 24.3 Å². The SMILES string of the molecule is c1cncc(-c2ccc(NCCC3CCNC3)nn2)c1. The van der Waals surface area contributed by atoms with E-state index in [1.165, 1.54) is 12.8 Å². The van der Waals surface area contributed by atoms with Gasteiger partial charge in [0.15, 0.2) is 0 Å². The van der Waals surface area contributed by atoms with Crippen molar-refractivity contribution >= 4 is 5.82 Å². The summed E-state index contributed by atoms with van der Waals surface area (Å²) in [6.45, 7) is 3.25. The van der Waals surface area contributed by atoms with E-state index < -0.39 is 0 Å². The highest BCUT2D eigenvalue weighted by Gasteiger charge is 2.13. The summed E-state index contributed by atoms with van der Waals surface area (Å²) in [6.07, 6.45) is 6.02. The maximum Gasteiger partial charge on any atom is 0.148 e. The molecule has 2 N–H and O–H groups in total. The van der Waals surface area contributed by atoms with Gasteiger partial charge in [-0.3, -0.25) is 4.98 Å². The van der Waals surface area contributed by atoms with Gasteiger partial charge in [0.1, 0.15) is 5.82 Å². The van der Waals surface area contributed by atoms with Crippen molar-refractivity contribution < 1.29 is 0 Å². The molecule has 3 heterocycles. The fourth-order valence-electron chi connectivity index (χ4n) is 2.46. The Bertz CT molecular complexity index is 520. The molecule has 1 aliphatic rings. The van der Waals surface area contributed by atoms with Crippen LogP contribution < -0.4 is 10.6 Å². The third kappa shape index (κ3) is 3.30. The van der Waals surface area contributed by atoms with E-state index in [4.69, 9.17) is 0 Å². The minimum absolute atomic E-state index is 0.796. The van der Waals surface area contributed by atoms with Crippen molar-refractivity contribution in [2.24, 2.45) is 5.92 Å². The predicted octanol–water partition coefficient (Wildman–Crippen LogP) is 1.95. The fraction of sp³-hybridized carbons (Fsp3) is 0.400. The minimum Gasteiger partial charge on any atom is -0.369 e. The number of nitrogens with zero attached hydrogens (tertiary/aromatic N) is 3. The molecule has 2 aromatic rings. The van der Waals surface area contributed by atoms with E-state index in [9.17, 15) is 0 Å². The smallest absolute Gasteiger partial charge is 0.148 e. The molecule has 0 aromatic carbocycles. The molecule has 0 saturated carbocycles. The molecule has 0 bridgehead atoms. The van der Waals surface area contributed by atoms with Crippen LogP contribution in [0.25, 0.3) is 11.3 Å². The van der Waals surface area contributed by atoms with Crippen LogP contribution in [0.4, 0.5) is 5.82 Å². The normalized spacial score (nSPS) is 18.1. The van der Waals surface area contributed by atoms with E-state index in [-0.39, 0.29) is 0 Å². The zero-order valence-electron chi connectivity index (χ0n) is 11.4. The van der Waals surface area contributed by atoms with Crippen molar-refractivity contribution in [3.8, 4) is 11.3 Å². The Labute approximate surface area is 118 Å². The molecule has 5 heteroatoms. The average Bonchev–Trinajstić information content (AvgIpc) is 3.02. The summed E-state index contributed by atoms with van der Waals surface area (Å²) in [6, 6.07) is 7.84. The van der Waals surface area contributed by atoms with Crippen molar-refractivity contribution in [3.05, 3.63) is 36.7 Å². The lowest BCUT2D eigenvalue weighted by atomic mass is 10.1. The molecule has 3 rings (SSSR count). The number of aromatic nitrogens is 3. The van der Waals surface area contributed by atoms with E-state index in [0.29, 0.717) is 0 Å². The topological polar surface area (TPSA) is 62.7 Å². The molecule has 0 spiro atoms. The van der Waals surface area contributed by atoms with Crippen molar-refractivity contribution in [1.82, 2.24) is 20.5 Å². The molecular weight excluding hydrogens is 250 g/mol. The summed E-state index contributed by atoms with van der Waals surface area (Å²) in [4.78, 5) is 4.09. The van der Waals surface area contributed by atoms with Crippen LogP contribution in [0.15, 0.2) is 36.7 Å². The Morgan fingerprint density at radius 2 is 2.25 bits per heavy atom. The highest BCUT2D eigenvalue weighted by molar-refractivity contribution is 5.57. The number of pyridine rings is 1. The summed E-state index contributed by atoms with van der Waals surface area (Å²) in [5.74, 6) is 1.63. The van der Waals surface area contributed by atoms with Gasteiger partial charge in [0.05, 0.1) is 5.69 Å². The van der Waals surface area contributed by atoms with Crippen LogP contribution in [0.3, 0.4) is 0 Å². The van der Waals surface area contributed by atoms with Gasteiger partial charge in [-0.2, -0.15) is 0 Å². The summed E-state index contributed by atoms with van der Waals surface area (Å²) in [7, 11) is 0. The molecule has 1 aliphatic heterocycles. The lowest BCUT2D eigenvalue weighted by Crippen LogP contribution is -2.13. The molecule has 0 amide bonds.